The molecule has 0 unspecified atom stereocenters. The molecule has 0 saturated carbocycles. The summed E-state index contributed by atoms with van der Waals surface area (Å²) < 4.78 is 12.2. The highest BCUT2D eigenvalue weighted by atomic mass is 16.7. The van der Waals surface area contributed by atoms with Crippen LogP contribution in [0.3, 0.4) is 0 Å². The molecule has 3 aromatic rings. The van der Waals surface area contributed by atoms with Gasteiger partial charge in [-0.05, 0) is 44.9 Å². The molecule has 27 heavy (non-hydrogen) atoms. The van der Waals surface area contributed by atoms with Crippen molar-refractivity contribution in [1.82, 2.24) is 4.98 Å². The highest BCUT2D eigenvalue weighted by Gasteiger charge is 2.51. The van der Waals surface area contributed by atoms with Crippen molar-refractivity contribution in [3.63, 3.8) is 0 Å². The van der Waals surface area contributed by atoms with Gasteiger partial charge in [-0.3, -0.25) is 4.98 Å². The molecule has 2 aromatic carbocycles. The Morgan fingerprint density at radius 1 is 0.667 bits per heavy atom. The number of pyridine rings is 1. The van der Waals surface area contributed by atoms with Gasteiger partial charge in [0.2, 0.25) is 0 Å². The highest BCUT2D eigenvalue weighted by molar-refractivity contribution is 6.62. The first-order valence-corrected chi connectivity index (χ1v) is 9.33. The lowest BCUT2D eigenvalue weighted by Gasteiger charge is -2.32. The van der Waals surface area contributed by atoms with Crippen LogP contribution in [-0.4, -0.2) is 23.3 Å². The second kappa shape index (κ2) is 6.63. The Hall–Kier alpha value is -2.43. The summed E-state index contributed by atoms with van der Waals surface area (Å²) in [5, 5.41) is 0. The molecule has 0 aliphatic carbocycles. The first-order valence-electron chi connectivity index (χ1n) is 9.33. The minimum Gasteiger partial charge on any atom is -0.399 e. The van der Waals surface area contributed by atoms with Crippen LogP contribution in [0.1, 0.15) is 27.7 Å². The minimum atomic E-state index is -0.378. The number of aromatic nitrogens is 1. The maximum atomic E-state index is 6.10. The van der Waals surface area contributed by atoms with Crippen molar-refractivity contribution in [3.05, 3.63) is 72.9 Å². The van der Waals surface area contributed by atoms with E-state index in [1.54, 1.807) is 0 Å². The second-order valence-electron chi connectivity index (χ2n) is 8.01. The number of hydrogen-bond donors (Lipinski definition) is 0. The molecule has 0 amide bonds. The summed E-state index contributed by atoms with van der Waals surface area (Å²) in [5.41, 5.74) is 4.71. The van der Waals surface area contributed by atoms with E-state index in [9.17, 15) is 0 Å². The van der Waals surface area contributed by atoms with Crippen molar-refractivity contribution in [2.24, 2.45) is 0 Å². The normalized spacial score (nSPS) is 17.9. The Morgan fingerprint density at radius 2 is 1.22 bits per heavy atom. The fourth-order valence-electron chi connectivity index (χ4n) is 3.16. The molecule has 1 aliphatic heterocycles. The monoisotopic (exact) mass is 357 g/mol. The van der Waals surface area contributed by atoms with E-state index in [0.29, 0.717) is 0 Å². The van der Waals surface area contributed by atoms with Crippen molar-refractivity contribution in [2.45, 2.75) is 38.9 Å². The molecule has 1 fully saturated rings. The van der Waals surface area contributed by atoms with Gasteiger partial charge in [-0.15, -0.1) is 0 Å². The standard InChI is InChI=1S/C23H24BNO2/c1-22(2)23(3,4)27-24(26-22)20-14-15-21(25-16-20)19-12-10-18(11-13-19)17-8-6-5-7-9-17/h5-16H,1-4H3. The summed E-state index contributed by atoms with van der Waals surface area (Å²) >= 11 is 0. The molecule has 1 aromatic heterocycles. The third kappa shape index (κ3) is 3.43. The molecule has 136 valence electrons. The predicted molar refractivity (Wildman–Crippen MR) is 111 cm³/mol. The average Bonchev–Trinajstić information content (AvgIpc) is 2.90. The molecule has 1 aliphatic rings. The Morgan fingerprint density at radius 3 is 1.78 bits per heavy atom. The largest absolute Gasteiger partial charge is 0.496 e. The van der Waals surface area contributed by atoms with E-state index in [1.807, 2.05) is 24.4 Å². The van der Waals surface area contributed by atoms with E-state index < -0.39 is 0 Å². The van der Waals surface area contributed by atoms with Gasteiger partial charge >= 0.3 is 7.12 Å². The summed E-state index contributed by atoms with van der Waals surface area (Å²) in [7, 11) is -0.378. The molecular weight excluding hydrogens is 333 g/mol. The van der Waals surface area contributed by atoms with Gasteiger partial charge in [0.15, 0.2) is 0 Å². The topological polar surface area (TPSA) is 31.4 Å². The van der Waals surface area contributed by atoms with Crippen LogP contribution in [0.15, 0.2) is 72.9 Å². The molecule has 0 bridgehead atoms. The molecule has 0 atom stereocenters. The quantitative estimate of drug-likeness (QED) is 0.636. The van der Waals surface area contributed by atoms with Crippen LogP contribution < -0.4 is 5.46 Å². The molecule has 0 spiro atoms. The fraction of sp³-hybridized carbons (Fsp3) is 0.261. The lowest BCUT2D eigenvalue weighted by molar-refractivity contribution is 0.00578. The van der Waals surface area contributed by atoms with Crippen molar-refractivity contribution in [2.75, 3.05) is 0 Å². The lowest BCUT2D eigenvalue weighted by atomic mass is 9.80. The number of nitrogens with zero attached hydrogens (tertiary/aromatic N) is 1. The van der Waals surface area contributed by atoms with Crippen molar-refractivity contribution < 1.29 is 9.31 Å². The first-order chi connectivity index (χ1) is 12.9. The van der Waals surface area contributed by atoms with Crippen LogP contribution >= 0.6 is 0 Å². The van der Waals surface area contributed by atoms with Crippen LogP contribution in [0.25, 0.3) is 22.4 Å². The molecule has 2 heterocycles. The van der Waals surface area contributed by atoms with Gasteiger partial charge in [-0.2, -0.15) is 0 Å². The maximum Gasteiger partial charge on any atom is 0.496 e. The van der Waals surface area contributed by atoms with Gasteiger partial charge in [-0.25, -0.2) is 0 Å². The minimum absolute atomic E-state index is 0.344. The van der Waals surface area contributed by atoms with E-state index in [2.05, 4.69) is 81.2 Å². The molecule has 0 N–H and O–H groups in total. The van der Waals surface area contributed by atoms with Crippen molar-refractivity contribution in [3.8, 4) is 22.4 Å². The Balaban J connectivity index is 1.53. The summed E-state index contributed by atoms with van der Waals surface area (Å²) in [6.07, 6.45) is 1.85. The highest BCUT2D eigenvalue weighted by Crippen LogP contribution is 2.36. The average molecular weight is 357 g/mol. The fourth-order valence-corrected chi connectivity index (χ4v) is 3.16. The third-order valence-corrected chi connectivity index (χ3v) is 5.60. The van der Waals surface area contributed by atoms with Crippen LogP contribution in [0.5, 0.6) is 0 Å². The van der Waals surface area contributed by atoms with Gasteiger partial charge in [0.25, 0.3) is 0 Å². The van der Waals surface area contributed by atoms with E-state index in [0.717, 1.165) is 16.7 Å². The summed E-state index contributed by atoms with van der Waals surface area (Å²) in [4.78, 5) is 4.63. The smallest absolute Gasteiger partial charge is 0.399 e. The molecule has 3 nitrogen and oxygen atoms in total. The predicted octanol–water partition coefficient (Wildman–Crippen LogP) is 4.71. The zero-order chi connectivity index (χ0) is 19.1. The third-order valence-electron chi connectivity index (χ3n) is 5.60. The van der Waals surface area contributed by atoms with Crippen molar-refractivity contribution >= 4 is 12.6 Å². The van der Waals surface area contributed by atoms with E-state index >= 15 is 0 Å². The van der Waals surface area contributed by atoms with Gasteiger partial charge in [0, 0.05) is 17.2 Å². The molecule has 1 saturated heterocycles. The second-order valence-corrected chi connectivity index (χ2v) is 8.01. The molecule has 4 rings (SSSR count). The number of hydrogen-bond acceptors (Lipinski definition) is 3. The van der Waals surface area contributed by atoms with E-state index in [-0.39, 0.29) is 18.3 Å². The maximum absolute atomic E-state index is 6.10. The Labute approximate surface area is 161 Å². The molecular formula is C23H24BNO2. The van der Waals surface area contributed by atoms with Gasteiger partial charge in [0.1, 0.15) is 0 Å². The Kier molecular flexibility index (Phi) is 4.41. The Bertz CT molecular complexity index is 903. The first kappa shape index (κ1) is 18.0. The van der Waals surface area contributed by atoms with E-state index in [4.69, 9.17) is 9.31 Å². The van der Waals surface area contributed by atoms with Crippen molar-refractivity contribution in [1.29, 1.82) is 0 Å². The van der Waals surface area contributed by atoms with Crippen LogP contribution in [-0.2, 0) is 9.31 Å². The number of benzene rings is 2. The lowest BCUT2D eigenvalue weighted by Crippen LogP contribution is -2.41. The molecule has 0 radical (unpaired) electrons. The summed E-state index contributed by atoms with van der Waals surface area (Å²) in [6, 6.07) is 22.9. The van der Waals surface area contributed by atoms with Crippen LogP contribution in [0.4, 0.5) is 0 Å². The van der Waals surface area contributed by atoms with Gasteiger partial charge in [0.05, 0.1) is 16.9 Å². The SMILES string of the molecule is CC1(C)OB(c2ccc(-c3ccc(-c4ccccc4)cc3)nc2)OC1(C)C. The summed E-state index contributed by atoms with van der Waals surface area (Å²) in [5.74, 6) is 0. The molecule has 4 heteroatoms. The zero-order valence-corrected chi connectivity index (χ0v) is 16.3. The van der Waals surface area contributed by atoms with Crippen LogP contribution in [0.2, 0.25) is 0 Å². The summed E-state index contributed by atoms with van der Waals surface area (Å²) in [6.45, 7) is 8.23. The zero-order valence-electron chi connectivity index (χ0n) is 16.3. The van der Waals surface area contributed by atoms with E-state index in [1.165, 1.54) is 11.1 Å². The van der Waals surface area contributed by atoms with Gasteiger partial charge in [-0.1, -0.05) is 60.7 Å². The van der Waals surface area contributed by atoms with Crippen LogP contribution in [0, 0.1) is 0 Å². The van der Waals surface area contributed by atoms with Gasteiger partial charge < -0.3 is 9.31 Å². The number of rotatable bonds is 3.